The van der Waals surface area contributed by atoms with Crippen molar-refractivity contribution in [3.8, 4) is 0 Å². The zero-order chi connectivity index (χ0) is 15.5. The summed E-state index contributed by atoms with van der Waals surface area (Å²) < 4.78 is 0. The van der Waals surface area contributed by atoms with Crippen LogP contribution in [0.5, 0.6) is 0 Å². The normalized spacial score (nSPS) is 32.4. The molecule has 1 aliphatic heterocycles. The molecule has 2 fully saturated rings. The van der Waals surface area contributed by atoms with Crippen molar-refractivity contribution in [2.75, 3.05) is 13.1 Å². The predicted octanol–water partition coefficient (Wildman–Crippen LogP) is 2.29. The van der Waals surface area contributed by atoms with Crippen LogP contribution in [0.4, 0.5) is 0 Å². The lowest BCUT2D eigenvalue weighted by Gasteiger charge is -2.47. The van der Waals surface area contributed by atoms with Crippen molar-refractivity contribution >= 4 is 5.91 Å². The highest BCUT2D eigenvalue weighted by Crippen LogP contribution is 2.40. The van der Waals surface area contributed by atoms with Gasteiger partial charge in [0.2, 0.25) is 5.91 Å². The maximum atomic E-state index is 12.6. The number of nitrogens with zero attached hydrogens (tertiary/aromatic N) is 1. The molecule has 2 rings (SSSR count). The van der Waals surface area contributed by atoms with Gasteiger partial charge in [-0.1, -0.05) is 26.2 Å². The maximum absolute atomic E-state index is 12.6. The molecule has 122 valence electrons. The van der Waals surface area contributed by atoms with Gasteiger partial charge < -0.3 is 15.7 Å². The largest absolute Gasteiger partial charge is 0.389 e. The van der Waals surface area contributed by atoms with Crippen LogP contribution in [0.3, 0.4) is 0 Å². The van der Waals surface area contributed by atoms with Crippen LogP contribution in [0.25, 0.3) is 0 Å². The molecular formula is C17H32N2O2. The highest BCUT2D eigenvalue weighted by molar-refractivity contribution is 5.78. The first-order valence-electron chi connectivity index (χ1n) is 8.69. The van der Waals surface area contributed by atoms with E-state index in [1.807, 2.05) is 18.7 Å². The third-order valence-corrected chi connectivity index (χ3v) is 5.46. The van der Waals surface area contributed by atoms with Crippen LogP contribution >= 0.6 is 0 Å². The molecular weight excluding hydrogens is 264 g/mol. The van der Waals surface area contributed by atoms with Crippen LogP contribution in [0.15, 0.2) is 0 Å². The summed E-state index contributed by atoms with van der Waals surface area (Å²) in [5.74, 6) is 0.644. The molecule has 1 amide bonds. The van der Waals surface area contributed by atoms with E-state index in [0.717, 1.165) is 58.0 Å². The summed E-state index contributed by atoms with van der Waals surface area (Å²) in [6.45, 7) is 5.53. The fraction of sp³-hybridized carbons (Fsp3) is 0.941. The first kappa shape index (κ1) is 16.8. The van der Waals surface area contributed by atoms with Crippen molar-refractivity contribution in [2.24, 2.45) is 17.6 Å². The van der Waals surface area contributed by atoms with Crippen molar-refractivity contribution in [2.45, 2.75) is 76.9 Å². The van der Waals surface area contributed by atoms with Gasteiger partial charge in [-0.2, -0.15) is 0 Å². The molecule has 1 saturated heterocycles. The number of fused-ring (bicyclic) bond motifs is 1. The second-order valence-electron chi connectivity index (χ2n) is 7.39. The predicted molar refractivity (Wildman–Crippen MR) is 84.8 cm³/mol. The van der Waals surface area contributed by atoms with Crippen molar-refractivity contribution in [1.82, 2.24) is 4.90 Å². The van der Waals surface area contributed by atoms with Gasteiger partial charge in [-0.25, -0.2) is 0 Å². The number of aliphatic hydroxyl groups is 1. The number of likely N-dealkylation sites (tertiary alicyclic amines) is 1. The van der Waals surface area contributed by atoms with Crippen LogP contribution in [-0.4, -0.2) is 40.6 Å². The Labute approximate surface area is 129 Å². The summed E-state index contributed by atoms with van der Waals surface area (Å²) in [5, 5.41) is 10.7. The van der Waals surface area contributed by atoms with Crippen molar-refractivity contribution in [3.05, 3.63) is 0 Å². The molecule has 0 bridgehead atoms. The number of amides is 1. The molecule has 1 aliphatic carbocycles. The lowest BCUT2D eigenvalue weighted by Crippen LogP contribution is -2.55. The maximum Gasteiger partial charge on any atom is 0.225 e. The zero-order valence-corrected chi connectivity index (χ0v) is 13.7. The third kappa shape index (κ3) is 4.19. The van der Waals surface area contributed by atoms with E-state index in [2.05, 4.69) is 0 Å². The topological polar surface area (TPSA) is 66.6 Å². The number of nitrogens with two attached hydrogens (primary N) is 1. The second-order valence-corrected chi connectivity index (χ2v) is 7.39. The minimum absolute atomic E-state index is 0.0820. The Morgan fingerprint density at radius 3 is 2.81 bits per heavy atom. The lowest BCUT2D eigenvalue weighted by atomic mass is 9.71. The number of piperidine rings is 1. The molecule has 4 nitrogen and oxygen atoms in total. The van der Waals surface area contributed by atoms with Gasteiger partial charge in [-0.15, -0.1) is 0 Å². The van der Waals surface area contributed by atoms with Gasteiger partial charge in [0.15, 0.2) is 0 Å². The summed E-state index contributed by atoms with van der Waals surface area (Å²) in [6, 6.07) is 0.222. The average molecular weight is 296 g/mol. The molecule has 21 heavy (non-hydrogen) atoms. The molecule has 4 atom stereocenters. The van der Waals surface area contributed by atoms with E-state index in [1.54, 1.807) is 0 Å². The van der Waals surface area contributed by atoms with Crippen LogP contribution in [0, 0.1) is 11.8 Å². The summed E-state index contributed by atoms with van der Waals surface area (Å²) in [4.78, 5) is 14.6. The second kappa shape index (κ2) is 7.10. The van der Waals surface area contributed by atoms with E-state index in [0.29, 0.717) is 5.92 Å². The first-order chi connectivity index (χ1) is 9.92. The van der Waals surface area contributed by atoms with Crippen molar-refractivity contribution in [1.29, 1.82) is 0 Å². The highest BCUT2D eigenvalue weighted by atomic mass is 16.3. The van der Waals surface area contributed by atoms with Gasteiger partial charge in [0.25, 0.3) is 0 Å². The van der Waals surface area contributed by atoms with Gasteiger partial charge in [0.1, 0.15) is 0 Å². The minimum atomic E-state index is -0.493. The standard InChI is InChI=1S/C17H32N2O2/c1-13(6-5-7-14(2)18)16(20)19-11-10-17(21)9-4-3-8-15(17)12-19/h13-15,21H,3-12,18H2,1-2H3. The number of hydrogen-bond acceptors (Lipinski definition) is 3. The van der Waals surface area contributed by atoms with E-state index >= 15 is 0 Å². The molecule has 4 heteroatoms. The van der Waals surface area contributed by atoms with Gasteiger partial charge >= 0.3 is 0 Å². The van der Waals surface area contributed by atoms with Crippen molar-refractivity contribution in [3.63, 3.8) is 0 Å². The Hall–Kier alpha value is -0.610. The van der Waals surface area contributed by atoms with E-state index in [-0.39, 0.29) is 17.9 Å². The smallest absolute Gasteiger partial charge is 0.225 e. The van der Waals surface area contributed by atoms with Crippen LogP contribution in [0.1, 0.15) is 65.2 Å². The van der Waals surface area contributed by atoms with Gasteiger partial charge in [-0.3, -0.25) is 4.79 Å². The molecule has 4 unspecified atom stereocenters. The van der Waals surface area contributed by atoms with Crippen LogP contribution in [-0.2, 0) is 4.79 Å². The molecule has 2 aliphatic rings. The van der Waals surface area contributed by atoms with Gasteiger partial charge in [-0.05, 0) is 39.0 Å². The van der Waals surface area contributed by atoms with E-state index in [9.17, 15) is 9.90 Å². The summed E-state index contributed by atoms with van der Waals surface area (Å²) in [5.41, 5.74) is 5.27. The Kier molecular flexibility index (Phi) is 5.67. The molecule has 0 spiro atoms. The fourth-order valence-corrected chi connectivity index (χ4v) is 3.95. The fourth-order valence-electron chi connectivity index (χ4n) is 3.95. The minimum Gasteiger partial charge on any atom is -0.389 e. The van der Waals surface area contributed by atoms with E-state index in [1.165, 1.54) is 6.42 Å². The molecule has 0 aromatic carbocycles. The molecule has 1 heterocycles. The van der Waals surface area contributed by atoms with Crippen LogP contribution < -0.4 is 5.73 Å². The molecule has 0 aromatic rings. The Balaban J connectivity index is 1.83. The summed E-state index contributed by atoms with van der Waals surface area (Å²) in [6.07, 6.45) is 8.00. The highest BCUT2D eigenvalue weighted by Gasteiger charge is 2.44. The Bertz CT molecular complexity index is 359. The number of rotatable bonds is 5. The Morgan fingerprint density at radius 2 is 2.10 bits per heavy atom. The van der Waals surface area contributed by atoms with E-state index < -0.39 is 5.60 Å². The van der Waals surface area contributed by atoms with Crippen LogP contribution in [0.2, 0.25) is 0 Å². The van der Waals surface area contributed by atoms with Gasteiger partial charge in [0.05, 0.1) is 5.60 Å². The van der Waals surface area contributed by atoms with Gasteiger partial charge in [0, 0.05) is 31.0 Å². The first-order valence-corrected chi connectivity index (χ1v) is 8.69. The summed E-state index contributed by atoms with van der Waals surface area (Å²) in [7, 11) is 0. The average Bonchev–Trinajstić information content (AvgIpc) is 2.45. The number of carbonyl (C=O) groups is 1. The molecule has 3 N–H and O–H groups in total. The monoisotopic (exact) mass is 296 g/mol. The molecule has 0 aromatic heterocycles. The number of carbonyl (C=O) groups excluding carboxylic acids is 1. The zero-order valence-electron chi connectivity index (χ0n) is 13.7. The SMILES string of the molecule is CC(N)CCCC(C)C(=O)N1CCC2(O)CCCCC2C1. The summed E-state index contributed by atoms with van der Waals surface area (Å²) >= 11 is 0. The van der Waals surface area contributed by atoms with Crippen molar-refractivity contribution < 1.29 is 9.90 Å². The quantitative estimate of drug-likeness (QED) is 0.818. The number of hydrogen-bond donors (Lipinski definition) is 2. The molecule has 1 saturated carbocycles. The lowest BCUT2D eigenvalue weighted by molar-refractivity contribution is -0.147. The Morgan fingerprint density at radius 1 is 1.33 bits per heavy atom. The van der Waals surface area contributed by atoms with E-state index in [4.69, 9.17) is 5.73 Å². The third-order valence-electron chi connectivity index (χ3n) is 5.46. The molecule has 0 radical (unpaired) electrons.